The second kappa shape index (κ2) is 6.71. The Morgan fingerprint density at radius 1 is 1.21 bits per heavy atom. The largest absolute Gasteiger partial charge is 0.340 e. The van der Waals surface area contributed by atoms with Gasteiger partial charge in [-0.15, -0.1) is 6.58 Å². The summed E-state index contributed by atoms with van der Waals surface area (Å²) in [6, 6.07) is 16.3. The highest BCUT2D eigenvalue weighted by atomic mass is 19.1. The molecule has 1 aromatic heterocycles. The Morgan fingerprint density at radius 3 is 2.62 bits per heavy atom. The molecule has 0 unspecified atom stereocenters. The molecule has 0 atom stereocenters. The number of benzene rings is 2. The summed E-state index contributed by atoms with van der Waals surface area (Å²) < 4.78 is 15.7. The summed E-state index contributed by atoms with van der Waals surface area (Å²) >= 11 is 0. The van der Waals surface area contributed by atoms with E-state index in [0.717, 1.165) is 5.56 Å². The first-order chi connectivity index (χ1) is 11.6. The van der Waals surface area contributed by atoms with Gasteiger partial charge >= 0.3 is 0 Å². The second-order valence-corrected chi connectivity index (χ2v) is 5.72. The second-order valence-electron chi connectivity index (χ2n) is 5.72. The van der Waals surface area contributed by atoms with Crippen LogP contribution in [0.15, 0.2) is 67.3 Å². The first kappa shape index (κ1) is 16.0. The van der Waals surface area contributed by atoms with Gasteiger partial charge in [0.15, 0.2) is 0 Å². The van der Waals surface area contributed by atoms with Crippen LogP contribution in [0.5, 0.6) is 0 Å². The average molecular weight is 322 g/mol. The molecule has 0 fully saturated rings. The standard InChI is InChI=1S/C20H19FN2O/c1-3-12-23(14-15-8-5-4-6-9-15)20(24)19-13-16-17(21)10-7-11-18(16)22(19)2/h3-11,13H,1,12,14H2,2H3. The van der Waals surface area contributed by atoms with Crippen molar-refractivity contribution in [1.82, 2.24) is 9.47 Å². The molecule has 2 aromatic carbocycles. The molecular weight excluding hydrogens is 303 g/mol. The van der Waals surface area contributed by atoms with Gasteiger partial charge in [-0.25, -0.2) is 4.39 Å². The Morgan fingerprint density at radius 2 is 1.96 bits per heavy atom. The van der Waals surface area contributed by atoms with Crippen LogP contribution >= 0.6 is 0 Å². The Hall–Kier alpha value is -2.88. The molecule has 0 saturated carbocycles. The summed E-state index contributed by atoms with van der Waals surface area (Å²) in [4.78, 5) is 14.7. The Bertz CT molecular complexity index is 883. The molecule has 3 nitrogen and oxygen atoms in total. The maximum absolute atomic E-state index is 14.0. The number of amides is 1. The van der Waals surface area contributed by atoms with Crippen molar-refractivity contribution >= 4 is 16.8 Å². The number of carbonyl (C=O) groups excluding carboxylic acids is 1. The van der Waals surface area contributed by atoms with Crippen LogP contribution in [-0.2, 0) is 13.6 Å². The minimum atomic E-state index is -0.319. The predicted octanol–water partition coefficient (Wildman–Crippen LogP) is 4.15. The summed E-state index contributed by atoms with van der Waals surface area (Å²) in [5, 5.41) is 0.460. The quantitative estimate of drug-likeness (QED) is 0.648. The van der Waals surface area contributed by atoms with Crippen molar-refractivity contribution in [2.75, 3.05) is 6.54 Å². The van der Waals surface area contributed by atoms with Crippen LogP contribution in [0.25, 0.3) is 10.9 Å². The van der Waals surface area contributed by atoms with Crippen molar-refractivity contribution in [1.29, 1.82) is 0 Å². The number of halogens is 1. The van der Waals surface area contributed by atoms with Crippen LogP contribution in [0.3, 0.4) is 0 Å². The van der Waals surface area contributed by atoms with Crippen molar-refractivity contribution in [2.24, 2.45) is 7.05 Å². The first-order valence-corrected chi connectivity index (χ1v) is 7.80. The predicted molar refractivity (Wildman–Crippen MR) is 94.3 cm³/mol. The SMILES string of the molecule is C=CCN(Cc1ccccc1)C(=O)c1cc2c(F)cccc2n1C. The zero-order chi connectivity index (χ0) is 17.1. The highest BCUT2D eigenvalue weighted by Crippen LogP contribution is 2.23. The number of rotatable bonds is 5. The van der Waals surface area contributed by atoms with E-state index >= 15 is 0 Å². The topological polar surface area (TPSA) is 25.2 Å². The first-order valence-electron chi connectivity index (χ1n) is 7.80. The van der Waals surface area contributed by atoms with Gasteiger partial charge in [-0.1, -0.05) is 42.5 Å². The van der Waals surface area contributed by atoms with Crippen molar-refractivity contribution in [3.05, 3.63) is 84.3 Å². The number of nitrogens with zero attached hydrogens (tertiary/aromatic N) is 2. The van der Waals surface area contributed by atoms with Gasteiger partial charge in [-0.05, 0) is 23.8 Å². The van der Waals surface area contributed by atoms with E-state index in [-0.39, 0.29) is 11.7 Å². The van der Waals surface area contributed by atoms with Gasteiger partial charge in [0.25, 0.3) is 5.91 Å². The average Bonchev–Trinajstić information content (AvgIpc) is 2.93. The molecule has 1 amide bonds. The van der Waals surface area contributed by atoms with E-state index in [4.69, 9.17) is 0 Å². The van der Waals surface area contributed by atoms with Crippen LogP contribution < -0.4 is 0 Å². The van der Waals surface area contributed by atoms with Crippen molar-refractivity contribution in [3.63, 3.8) is 0 Å². The zero-order valence-corrected chi connectivity index (χ0v) is 13.6. The van der Waals surface area contributed by atoms with Gasteiger partial charge in [0, 0.05) is 25.5 Å². The van der Waals surface area contributed by atoms with Crippen LogP contribution in [-0.4, -0.2) is 21.9 Å². The van der Waals surface area contributed by atoms with Crippen LogP contribution in [0.4, 0.5) is 4.39 Å². The minimum absolute atomic E-state index is 0.142. The number of carbonyl (C=O) groups is 1. The molecule has 0 spiro atoms. The van der Waals surface area contributed by atoms with Gasteiger partial charge in [0.05, 0.1) is 5.52 Å². The van der Waals surface area contributed by atoms with Crippen LogP contribution in [0.1, 0.15) is 16.1 Å². The zero-order valence-electron chi connectivity index (χ0n) is 13.6. The van der Waals surface area contributed by atoms with Crippen molar-refractivity contribution < 1.29 is 9.18 Å². The molecule has 0 aliphatic rings. The van der Waals surface area contributed by atoms with Crippen LogP contribution in [0, 0.1) is 5.82 Å². The maximum atomic E-state index is 14.0. The van der Waals surface area contributed by atoms with Crippen molar-refractivity contribution in [3.8, 4) is 0 Å². The van der Waals surface area contributed by atoms with Gasteiger partial charge in [0.1, 0.15) is 11.5 Å². The number of hydrogen-bond acceptors (Lipinski definition) is 1. The fraction of sp³-hybridized carbons (Fsp3) is 0.150. The van der Waals surface area contributed by atoms with Gasteiger partial charge in [-0.2, -0.15) is 0 Å². The van der Waals surface area contributed by atoms with E-state index in [1.54, 1.807) is 34.7 Å². The summed E-state index contributed by atoms with van der Waals surface area (Å²) in [7, 11) is 1.78. The lowest BCUT2D eigenvalue weighted by atomic mass is 10.2. The van der Waals surface area contributed by atoms with E-state index in [1.165, 1.54) is 6.07 Å². The lowest BCUT2D eigenvalue weighted by molar-refractivity contribution is 0.0753. The highest BCUT2D eigenvalue weighted by molar-refractivity contribution is 5.99. The smallest absolute Gasteiger partial charge is 0.271 e. The number of aromatic nitrogens is 1. The molecule has 122 valence electrons. The van der Waals surface area contributed by atoms with Crippen LogP contribution in [0.2, 0.25) is 0 Å². The van der Waals surface area contributed by atoms with E-state index < -0.39 is 0 Å². The van der Waals surface area contributed by atoms with E-state index in [0.29, 0.717) is 29.7 Å². The molecule has 0 radical (unpaired) electrons. The van der Waals surface area contributed by atoms with Gasteiger partial charge < -0.3 is 9.47 Å². The number of hydrogen-bond donors (Lipinski definition) is 0. The molecule has 4 heteroatoms. The molecule has 0 bridgehead atoms. The number of fused-ring (bicyclic) bond motifs is 1. The van der Waals surface area contributed by atoms with E-state index in [1.807, 2.05) is 36.4 Å². The van der Waals surface area contributed by atoms with Crippen molar-refractivity contribution in [2.45, 2.75) is 6.54 Å². The third-order valence-electron chi connectivity index (χ3n) is 4.11. The summed E-state index contributed by atoms with van der Waals surface area (Å²) in [5.74, 6) is -0.461. The Kier molecular flexibility index (Phi) is 4.47. The monoisotopic (exact) mass is 322 g/mol. The maximum Gasteiger partial charge on any atom is 0.271 e. The summed E-state index contributed by atoms with van der Waals surface area (Å²) in [5.41, 5.74) is 2.21. The van der Waals surface area contributed by atoms with Gasteiger partial charge in [-0.3, -0.25) is 4.79 Å². The molecule has 0 saturated heterocycles. The van der Waals surface area contributed by atoms with Gasteiger partial charge in [0.2, 0.25) is 0 Å². The lowest BCUT2D eigenvalue weighted by Gasteiger charge is -2.21. The third kappa shape index (κ3) is 2.95. The molecule has 3 rings (SSSR count). The van der Waals surface area contributed by atoms with E-state index in [2.05, 4.69) is 6.58 Å². The Balaban J connectivity index is 1.97. The fourth-order valence-corrected chi connectivity index (χ4v) is 2.87. The third-order valence-corrected chi connectivity index (χ3v) is 4.11. The molecule has 1 heterocycles. The Labute approximate surface area is 140 Å². The number of aryl methyl sites for hydroxylation is 1. The fourth-order valence-electron chi connectivity index (χ4n) is 2.87. The molecule has 24 heavy (non-hydrogen) atoms. The van der Waals surface area contributed by atoms with E-state index in [9.17, 15) is 9.18 Å². The summed E-state index contributed by atoms with van der Waals surface area (Å²) in [6.07, 6.45) is 1.70. The normalized spacial score (nSPS) is 10.8. The molecule has 0 aliphatic carbocycles. The molecule has 0 aliphatic heterocycles. The lowest BCUT2D eigenvalue weighted by Crippen LogP contribution is -2.32. The molecule has 3 aromatic rings. The summed E-state index contributed by atoms with van der Waals surface area (Å²) in [6.45, 7) is 4.65. The molecule has 0 N–H and O–H groups in total. The highest BCUT2D eigenvalue weighted by Gasteiger charge is 2.20. The molecular formula is C20H19FN2O. The minimum Gasteiger partial charge on any atom is -0.340 e.